The zero-order valence-corrected chi connectivity index (χ0v) is 11.0. The molecule has 0 amide bonds. The molecule has 0 aliphatic rings. The van der Waals surface area contributed by atoms with Crippen LogP contribution in [0.1, 0.15) is 49.7 Å². The molecule has 102 valence electrons. The van der Waals surface area contributed by atoms with E-state index in [4.69, 9.17) is 4.52 Å². The first-order valence-corrected chi connectivity index (χ1v) is 6.85. The third kappa shape index (κ3) is 4.83. The van der Waals surface area contributed by atoms with Gasteiger partial charge in [-0.15, -0.1) is 0 Å². The molecule has 0 aliphatic heterocycles. The van der Waals surface area contributed by atoms with Gasteiger partial charge in [0.1, 0.15) is 6.10 Å². The maximum Gasteiger partial charge on any atom is 0.255 e. The molecule has 19 heavy (non-hydrogen) atoms. The van der Waals surface area contributed by atoms with Crippen LogP contribution in [-0.4, -0.2) is 15.2 Å². The van der Waals surface area contributed by atoms with Gasteiger partial charge in [-0.05, 0) is 24.8 Å². The average molecular weight is 260 g/mol. The van der Waals surface area contributed by atoms with E-state index in [1.54, 1.807) is 0 Å². The largest absolute Gasteiger partial charge is 0.383 e. The number of hydrogen-bond donors (Lipinski definition) is 1. The highest BCUT2D eigenvalue weighted by Crippen LogP contribution is 2.17. The Balaban J connectivity index is 1.53. The van der Waals surface area contributed by atoms with Gasteiger partial charge in [-0.2, -0.15) is 4.98 Å². The van der Waals surface area contributed by atoms with Crippen LogP contribution in [0.15, 0.2) is 41.2 Å². The predicted octanol–water partition coefficient (Wildman–Crippen LogP) is 3.30. The quantitative estimate of drug-likeness (QED) is 0.740. The number of hydrogen-bond acceptors (Lipinski definition) is 4. The monoisotopic (exact) mass is 260 g/mol. The summed E-state index contributed by atoms with van der Waals surface area (Å²) in [6, 6.07) is 10.5. The Morgan fingerprint density at radius 3 is 2.58 bits per heavy atom. The molecule has 2 aromatic rings. The van der Waals surface area contributed by atoms with Crippen molar-refractivity contribution < 1.29 is 9.63 Å². The molecule has 2 rings (SSSR count). The number of nitrogens with zero attached hydrogens (tertiary/aromatic N) is 2. The van der Waals surface area contributed by atoms with Crippen molar-refractivity contribution in [3.63, 3.8) is 0 Å². The zero-order valence-electron chi connectivity index (χ0n) is 11.0. The molecule has 4 nitrogen and oxygen atoms in total. The second-order valence-electron chi connectivity index (χ2n) is 4.73. The summed E-state index contributed by atoms with van der Waals surface area (Å²) in [6.07, 6.45) is 7.01. The van der Waals surface area contributed by atoms with Crippen molar-refractivity contribution in [2.24, 2.45) is 0 Å². The van der Waals surface area contributed by atoms with Crippen molar-refractivity contribution in [1.29, 1.82) is 0 Å². The molecule has 0 bridgehead atoms. The fourth-order valence-electron chi connectivity index (χ4n) is 2.12. The number of aliphatic hydroxyl groups is 1. The summed E-state index contributed by atoms with van der Waals surface area (Å²) in [5.74, 6) is 0.323. The van der Waals surface area contributed by atoms with Crippen molar-refractivity contribution in [2.75, 3.05) is 0 Å². The number of rotatable bonds is 8. The van der Waals surface area contributed by atoms with Gasteiger partial charge in [0.15, 0.2) is 6.33 Å². The topological polar surface area (TPSA) is 59.2 Å². The molecule has 1 N–H and O–H groups in total. The molecular weight excluding hydrogens is 240 g/mol. The third-order valence-corrected chi connectivity index (χ3v) is 3.20. The Bertz CT molecular complexity index is 442. The molecule has 1 aromatic heterocycles. The number of aliphatic hydroxyl groups excluding tert-OH is 1. The van der Waals surface area contributed by atoms with Gasteiger partial charge in [0.2, 0.25) is 0 Å². The minimum atomic E-state index is -0.614. The fraction of sp³-hybridized carbons (Fsp3) is 0.467. The summed E-state index contributed by atoms with van der Waals surface area (Å²) in [7, 11) is 0. The zero-order chi connectivity index (χ0) is 13.3. The van der Waals surface area contributed by atoms with Crippen LogP contribution in [0.2, 0.25) is 0 Å². The second-order valence-corrected chi connectivity index (χ2v) is 4.73. The van der Waals surface area contributed by atoms with Crippen LogP contribution < -0.4 is 0 Å². The van der Waals surface area contributed by atoms with E-state index in [1.165, 1.54) is 24.7 Å². The van der Waals surface area contributed by atoms with E-state index in [0.717, 1.165) is 19.3 Å². The van der Waals surface area contributed by atoms with Gasteiger partial charge in [0.25, 0.3) is 5.89 Å². The molecule has 4 heteroatoms. The summed E-state index contributed by atoms with van der Waals surface area (Å²) in [5, 5.41) is 13.2. The lowest BCUT2D eigenvalue weighted by atomic mass is 10.0. The first kappa shape index (κ1) is 13.7. The van der Waals surface area contributed by atoms with Crippen molar-refractivity contribution in [3.05, 3.63) is 48.1 Å². The third-order valence-electron chi connectivity index (χ3n) is 3.20. The molecule has 0 radical (unpaired) electrons. The first-order chi connectivity index (χ1) is 9.36. The van der Waals surface area contributed by atoms with Crippen molar-refractivity contribution in [2.45, 2.75) is 44.6 Å². The van der Waals surface area contributed by atoms with Gasteiger partial charge in [0.05, 0.1) is 0 Å². The number of aromatic nitrogens is 2. The van der Waals surface area contributed by atoms with Crippen molar-refractivity contribution in [1.82, 2.24) is 10.1 Å². The molecule has 0 spiro atoms. The minimum Gasteiger partial charge on any atom is -0.383 e. The van der Waals surface area contributed by atoms with Crippen LogP contribution in [0.3, 0.4) is 0 Å². The average Bonchev–Trinajstić information content (AvgIpc) is 2.98. The van der Waals surface area contributed by atoms with E-state index in [0.29, 0.717) is 12.3 Å². The highest BCUT2D eigenvalue weighted by atomic mass is 16.5. The summed E-state index contributed by atoms with van der Waals surface area (Å²) in [6.45, 7) is 0. The second kappa shape index (κ2) is 7.69. The lowest BCUT2D eigenvalue weighted by Gasteiger charge is -2.05. The van der Waals surface area contributed by atoms with Gasteiger partial charge in [-0.25, -0.2) is 0 Å². The Kier molecular flexibility index (Phi) is 5.56. The van der Waals surface area contributed by atoms with Crippen LogP contribution in [0, 0.1) is 0 Å². The van der Waals surface area contributed by atoms with Gasteiger partial charge in [-0.1, -0.05) is 54.8 Å². The standard InChI is InChI=1S/C15H20N2O2/c18-14(15-16-12-17-19-15)11-7-2-1-4-8-13-9-5-3-6-10-13/h3,5-6,9-10,12,14,18H,1-2,4,7-8,11H2. The van der Waals surface area contributed by atoms with E-state index < -0.39 is 6.10 Å². The normalized spacial score (nSPS) is 12.5. The van der Waals surface area contributed by atoms with Gasteiger partial charge in [-0.3, -0.25) is 0 Å². The van der Waals surface area contributed by atoms with E-state index in [9.17, 15) is 5.11 Å². The van der Waals surface area contributed by atoms with E-state index in [-0.39, 0.29) is 0 Å². The molecular formula is C15H20N2O2. The van der Waals surface area contributed by atoms with Crippen LogP contribution in [-0.2, 0) is 6.42 Å². The minimum absolute atomic E-state index is 0.323. The Hall–Kier alpha value is -1.68. The van der Waals surface area contributed by atoms with E-state index in [1.807, 2.05) is 6.07 Å². The Labute approximate surface area is 113 Å². The Morgan fingerprint density at radius 1 is 1.05 bits per heavy atom. The van der Waals surface area contributed by atoms with Crippen LogP contribution in [0.5, 0.6) is 0 Å². The van der Waals surface area contributed by atoms with Crippen LogP contribution >= 0.6 is 0 Å². The van der Waals surface area contributed by atoms with Crippen LogP contribution in [0.25, 0.3) is 0 Å². The van der Waals surface area contributed by atoms with E-state index >= 15 is 0 Å². The van der Waals surface area contributed by atoms with Crippen molar-refractivity contribution >= 4 is 0 Å². The number of aryl methyl sites for hydroxylation is 1. The molecule has 0 fully saturated rings. The smallest absolute Gasteiger partial charge is 0.255 e. The maximum absolute atomic E-state index is 9.75. The summed E-state index contributed by atoms with van der Waals surface area (Å²) in [5.41, 5.74) is 1.40. The molecule has 1 aromatic carbocycles. The lowest BCUT2D eigenvalue weighted by molar-refractivity contribution is 0.121. The highest BCUT2D eigenvalue weighted by Gasteiger charge is 2.12. The summed E-state index contributed by atoms with van der Waals surface area (Å²) < 4.78 is 4.82. The molecule has 1 unspecified atom stereocenters. The van der Waals surface area contributed by atoms with Gasteiger partial charge >= 0.3 is 0 Å². The molecule has 1 heterocycles. The number of benzene rings is 1. The fourth-order valence-corrected chi connectivity index (χ4v) is 2.12. The maximum atomic E-state index is 9.75. The summed E-state index contributed by atoms with van der Waals surface area (Å²) >= 11 is 0. The number of unbranched alkanes of at least 4 members (excludes halogenated alkanes) is 3. The predicted molar refractivity (Wildman–Crippen MR) is 72.5 cm³/mol. The molecule has 0 saturated heterocycles. The summed E-state index contributed by atoms with van der Waals surface area (Å²) in [4.78, 5) is 3.84. The molecule has 0 aliphatic carbocycles. The molecule has 0 saturated carbocycles. The highest BCUT2D eigenvalue weighted by molar-refractivity contribution is 5.14. The van der Waals surface area contributed by atoms with Crippen molar-refractivity contribution in [3.8, 4) is 0 Å². The first-order valence-electron chi connectivity index (χ1n) is 6.85. The van der Waals surface area contributed by atoms with Crippen LogP contribution in [0.4, 0.5) is 0 Å². The lowest BCUT2D eigenvalue weighted by Crippen LogP contribution is -1.97. The SMILES string of the molecule is OC(CCCCCCc1ccccc1)c1ncno1. The van der Waals surface area contributed by atoms with Gasteiger partial charge < -0.3 is 9.63 Å². The Morgan fingerprint density at radius 2 is 1.84 bits per heavy atom. The molecule has 1 atom stereocenters. The van der Waals surface area contributed by atoms with Gasteiger partial charge in [0, 0.05) is 0 Å². The van der Waals surface area contributed by atoms with E-state index in [2.05, 4.69) is 34.4 Å².